The SMILES string of the molecule is CC(=O)NCCNc1cc(NC(=O)CN2CCCN(Cc3cccc(Cl)c3)CC2)cc(-c2ccccc2)c1. The van der Waals surface area contributed by atoms with Gasteiger partial charge in [0.25, 0.3) is 0 Å². The maximum Gasteiger partial charge on any atom is 0.238 e. The van der Waals surface area contributed by atoms with Crippen LogP contribution in [0, 0.1) is 0 Å². The Hall–Kier alpha value is -3.39. The van der Waals surface area contributed by atoms with Crippen LogP contribution in [-0.4, -0.2) is 67.4 Å². The summed E-state index contributed by atoms with van der Waals surface area (Å²) in [7, 11) is 0. The van der Waals surface area contributed by atoms with E-state index in [0.717, 1.165) is 66.7 Å². The van der Waals surface area contributed by atoms with E-state index in [1.54, 1.807) is 0 Å². The topological polar surface area (TPSA) is 76.7 Å². The lowest BCUT2D eigenvalue weighted by molar-refractivity contribution is -0.119. The fourth-order valence-electron chi connectivity index (χ4n) is 4.68. The lowest BCUT2D eigenvalue weighted by atomic mass is 10.0. The number of hydrogen-bond donors (Lipinski definition) is 3. The van der Waals surface area contributed by atoms with Gasteiger partial charge in [-0.05, 0) is 66.5 Å². The van der Waals surface area contributed by atoms with E-state index in [-0.39, 0.29) is 11.8 Å². The van der Waals surface area contributed by atoms with Gasteiger partial charge in [-0.2, -0.15) is 0 Å². The van der Waals surface area contributed by atoms with E-state index >= 15 is 0 Å². The van der Waals surface area contributed by atoms with Gasteiger partial charge < -0.3 is 16.0 Å². The van der Waals surface area contributed by atoms with Gasteiger partial charge in [-0.3, -0.25) is 19.4 Å². The first-order chi connectivity index (χ1) is 18.4. The van der Waals surface area contributed by atoms with Crippen molar-refractivity contribution in [3.05, 3.63) is 83.4 Å². The standard InChI is InChI=1S/C30H36ClN5O2/c1-23(37)32-11-12-33-28-18-26(25-8-3-2-4-9-25)19-29(20-28)34-30(38)22-36-14-6-13-35(15-16-36)21-24-7-5-10-27(31)17-24/h2-5,7-10,17-20,33H,6,11-16,21-22H2,1H3,(H,32,37)(H,34,38). The number of carbonyl (C=O) groups is 2. The molecule has 1 heterocycles. The number of carbonyl (C=O) groups excluding carboxylic acids is 2. The number of nitrogens with zero attached hydrogens (tertiary/aromatic N) is 2. The van der Waals surface area contributed by atoms with Crippen molar-refractivity contribution in [3.8, 4) is 11.1 Å². The van der Waals surface area contributed by atoms with Crippen molar-refractivity contribution >= 4 is 34.8 Å². The molecule has 3 aromatic carbocycles. The zero-order chi connectivity index (χ0) is 26.7. The molecule has 0 bridgehead atoms. The van der Waals surface area contributed by atoms with E-state index in [1.807, 2.05) is 60.7 Å². The number of amides is 2. The zero-order valence-electron chi connectivity index (χ0n) is 21.9. The van der Waals surface area contributed by atoms with Crippen molar-refractivity contribution in [3.63, 3.8) is 0 Å². The molecule has 3 aromatic rings. The number of anilines is 2. The first kappa shape index (κ1) is 27.6. The molecule has 0 aliphatic carbocycles. The maximum atomic E-state index is 13.0. The predicted molar refractivity (Wildman–Crippen MR) is 155 cm³/mol. The number of rotatable bonds is 10. The molecular weight excluding hydrogens is 498 g/mol. The second-order valence-corrected chi connectivity index (χ2v) is 10.1. The van der Waals surface area contributed by atoms with Gasteiger partial charge in [0.05, 0.1) is 6.54 Å². The van der Waals surface area contributed by atoms with Crippen molar-refractivity contribution in [2.24, 2.45) is 0 Å². The van der Waals surface area contributed by atoms with Crippen LogP contribution in [0.1, 0.15) is 18.9 Å². The van der Waals surface area contributed by atoms with Gasteiger partial charge in [0.15, 0.2) is 0 Å². The molecule has 1 aliphatic heterocycles. The quantitative estimate of drug-likeness (QED) is 0.329. The lowest BCUT2D eigenvalue weighted by Gasteiger charge is -2.22. The highest BCUT2D eigenvalue weighted by atomic mass is 35.5. The minimum atomic E-state index is -0.0566. The highest BCUT2D eigenvalue weighted by Crippen LogP contribution is 2.27. The van der Waals surface area contributed by atoms with E-state index in [0.29, 0.717) is 19.6 Å². The lowest BCUT2D eigenvalue weighted by Crippen LogP contribution is -2.36. The van der Waals surface area contributed by atoms with Gasteiger partial charge in [0, 0.05) is 56.0 Å². The zero-order valence-corrected chi connectivity index (χ0v) is 22.6. The summed E-state index contributed by atoms with van der Waals surface area (Å²) in [5.74, 6) is -0.0819. The van der Waals surface area contributed by atoms with Crippen molar-refractivity contribution in [1.82, 2.24) is 15.1 Å². The number of nitrogens with one attached hydrogen (secondary N) is 3. The third kappa shape index (κ3) is 8.87. The van der Waals surface area contributed by atoms with Crippen molar-refractivity contribution in [2.75, 3.05) is 56.4 Å². The van der Waals surface area contributed by atoms with Crippen molar-refractivity contribution in [2.45, 2.75) is 19.9 Å². The highest BCUT2D eigenvalue weighted by molar-refractivity contribution is 6.30. The van der Waals surface area contributed by atoms with Gasteiger partial charge >= 0.3 is 0 Å². The van der Waals surface area contributed by atoms with Crippen LogP contribution in [-0.2, 0) is 16.1 Å². The normalized spacial score (nSPS) is 14.5. The molecule has 2 amide bonds. The van der Waals surface area contributed by atoms with Crippen LogP contribution in [0.2, 0.25) is 5.02 Å². The molecule has 3 N–H and O–H groups in total. The Kier molecular flexibility index (Phi) is 10.1. The molecule has 200 valence electrons. The molecule has 1 fully saturated rings. The second kappa shape index (κ2) is 14.0. The van der Waals surface area contributed by atoms with Gasteiger partial charge in [-0.25, -0.2) is 0 Å². The third-order valence-electron chi connectivity index (χ3n) is 6.50. The summed E-state index contributed by atoms with van der Waals surface area (Å²) in [6, 6.07) is 24.1. The fraction of sp³-hybridized carbons (Fsp3) is 0.333. The molecule has 0 aromatic heterocycles. The van der Waals surface area contributed by atoms with Crippen LogP contribution in [0.25, 0.3) is 11.1 Å². The molecule has 0 radical (unpaired) electrons. The average molecular weight is 534 g/mol. The van der Waals surface area contributed by atoms with Crippen LogP contribution in [0.4, 0.5) is 11.4 Å². The largest absolute Gasteiger partial charge is 0.383 e. The molecule has 1 aliphatic rings. The van der Waals surface area contributed by atoms with Gasteiger partial charge in [-0.1, -0.05) is 54.1 Å². The molecule has 7 nitrogen and oxygen atoms in total. The number of benzene rings is 3. The Balaban J connectivity index is 1.35. The Bertz CT molecular complexity index is 1220. The average Bonchev–Trinajstić information content (AvgIpc) is 3.11. The molecule has 8 heteroatoms. The summed E-state index contributed by atoms with van der Waals surface area (Å²) < 4.78 is 0. The van der Waals surface area contributed by atoms with Gasteiger partial charge in [0.2, 0.25) is 11.8 Å². The Morgan fingerprint density at radius 2 is 1.58 bits per heavy atom. The van der Waals surface area contributed by atoms with Crippen LogP contribution in [0.5, 0.6) is 0 Å². The molecule has 0 unspecified atom stereocenters. The van der Waals surface area contributed by atoms with E-state index in [2.05, 4.69) is 37.9 Å². The van der Waals surface area contributed by atoms with E-state index in [1.165, 1.54) is 12.5 Å². The van der Waals surface area contributed by atoms with Crippen LogP contribution in [0.15, 0.2) is 72.8 Å². The monoisotopic (exact) mass is 533 g/mol. The van der Waals surface area contributed by atoms with E-state index in [4.69, 9.17) is 11.6 Å². The number of halogens is 1. The summed E-state index contributed by atoms with van der Waals surface area (Å²) >= 11 is 6.15. The van der Waals surface area contributed by atoms with Crippen molar-refractivity contribution < 1.29 is 9.59 Å². The van der Waals surface area contributed by atoms with E-state index in [9.17, 15) is 9.59 Å². The van der Waals surface area contributed by atoms with Gasteiger partial charge in [0.1, 0.15) is 0 Å². The molecule has 0 spiro atoms. The van der Waals surface area contributed by atoms with Crippen LogP contribution >= 0.6 is 11.6 Å². The Morgan fingerprint density at radius 3 is 2.37 bits per heavy atom. The molecule has 0 atom stereocenters. The van der Waals surface area contributed by atoms with Crippen molar-refractivity contribution in [1.29, 1.82) is 0 Å². The Morgan fingerprint density at radius 1 is 0.816 bits per heavy atom. The smallest absolute Gasteiger partial charge is 0.238 e. The second-order valence-electron chi connectivity index (χ2n) is 9.66. The summed E-state index contributed by atoms with van der Waals surface area (Å²) in [5.41, 5.74) is 4.93. The summed E-state index contributed by atoms with van der Waals surface area (Å²) in [6.07, 6.45) is 1.01. The molecule has 0 saturated carbocycles. The first-order valence-corrected chi connectivity index (χ1v) is 13.5. The number of hydrogen-bond acceptors (Lipinski definition) is 5. The summed E-state index contributed by atoms with van der Waals surface area (Å²) in [5, 5.41) is 10.0. The summed E-state index contributed by atoms with van der Waals surface area (Å²) in [6.45, 7) is 7.47. The molecular formula is C30H36ClN5O2. The minimum absolute atomic E-state index is 0.0253. The maximum absolute atomic E-state index is 13.0. The van der Waals surface area contributed by atoms with E-state index < -0.39 is 0 Å². The minimum Gasteiger partial charge on any atom is -0.383 e. The Labute approximate surface area is 230 Å². The third-order valence-corrected chi connectivity index (χ3v) is 6.73. The first-order valence-electron chi connectivity index (χ1n) is 13.1. The summed E-state index contributed by atoms with van der Waals surface area (Å²) in [4.78, 5) is 28.9. The molecule has 38 heavy (non-hydrogen) atoms. The van der Waals surface area contributed by atoms with Gasteiger partial charge in [-0.15, -0.1) is 0 Å². The molecule has 1 saturated heterocycles. The fourth-order valence-corrected chi connectivity index (χ4v) is 4.90. The molecule has 4 rings (SSSR count). The highest BCUT2D eigenvalue weighted by Gasteiger charge is 2.18. The van der Waals surface area contributed by atoms with Crippen LogP contribution in [0.3, 0.4) is 0 Å². The predicted octanol–water partition coefficient (Wildman–Crippen LogP) is 4.70. The van der Waals surface area contributed by atoms with Crippen LogP contribution < -0.4 is 16.0 Å².